The van der Waals surface area contributed by atoms with Crippen LogP contribution in [0.2, 0.25) is 0 Å². The minimum atomic E-state index is 0.856. The zero-order valence-corrected chi connectivity index (χ0v) is 9.23. The number of anilines is 1. The molecule has 0 atom stereocenters. The van der Waals surface area contributed by atoms with E-state index in [1.165, 1.54) is 11.1 Å². The highest BCUT2D eigenvalue weighted by atomic mass is 79.9. The van der Waals surface area contributed by atoms with Gasteiger partial charge in [-0.3, -0.25) is 0 Å². The third kappa shape index (κ3) is 1.92. The Morgan fingerprint density at radius 2 is 2.00 bits per heavy atom. The summed E-state index contributed by atoms with van der Waals surface area (Å²) < 4.78 is 1.09. The number of hydrogen-bond donors (Lipinski definition) is 1. The number of halogens is 1. The van der Waals surface area contributed by atoms with E-state index in [0.29, 0.717) is 0 Å². The Morgan fingerprint density at radius 3 is 2.62 bits per heavy atom. The van der Waals surface area contributed by atoms with Gasteiger partial charge in [-0.05, 0) is 29.3 Å². The van der Waals surface area contributed by atoms with Crippen LogP contribution < -0.4 is 5.73 Å². The lowest BCUT2D eigenvalue weighted by Gasteiger charge is -1.97. The molecule has 1 aromatic carbocycles. The average molecular weight is 254 g/mol. The molecule has 0 aliphatic heterocycles. The molecule has 1 heterocycles. The Morgan fingerprint density at radius 1 is 1.15 bits per heavy atom. The Balaban J connectivity index is 2.46. The fraction of sp³-hybridized carbons (Fsp3) is 0. The first-order chi connectivity index (χ1) is 6.25. The average Bonchev–Trinajstić information content (AvgIpc) is 2.52. The minimum absolute atomic E-state index is 0.856. The molecule has 0 saturated carbocycles. The summed E-state index contributed by atoms with van der Waals surface area (Å²) >= 11 is 5.01. The molecule has 0 radical (unpaired) electrons. The molecule has 13 heavy (non-hydrogen) atoms. The van der Waals surface area contributed by atoms with Crippen LogP contribution in [0, 0.1) is 0 Å². The molecule has 66 valence electrons. The first kappa shape index (κ1) is 8.78. The topological polar surface area (TPSA) is 26.0 Å². The fourth-order valence-corrected chi connectivity index (χ4v) is 2.23. The quantitative estimate of drug-likeness (QED) is 0.823. The van der Waals surface area contributed by atoms with Crippen LogP contribution in [0.4, 0.5) is 5.00 Å². The van der Waals surface area contributed by atoms with Gasteiger partial charge in [0.25, 0.3) is 0 Å². The van der Waals surface area contributed by atoms with Crippen molar-refractivity contribution in [1.82, 2.24) is 0 Å². The molecule has 0 saturated heterocycles. The van der Waals surface area contributed by atoms with Gasteiger partial charge in [0.2, 0.25) is 0 Å². The Kier molecular flexibility index (Phi) is 2.38. The van der Waals surface area contributed by atoms with E-state index >= 15 is 0 Å². The maximum absolute atomic E-state index is 5.66. The number of hydrogen-bond acceptors (Lipinski definition) is 2. The molecule has 0 spiro atoms. The predicted octanol–water partition coefficient (Wildman–Crippen LogP) is 3.76. The van der Waals surface area contributed by atoms with E-state index in [0.717, 1.165) is 9.47 Å². The van der Waals surface area contributed by atoms with Gasteiger partial charge in [-0.1, -0.05) is 28.1 Å². The molecule has 0 aliphatic rings. The fourth-order valence-electron chi connectivity index (χ4n) is 1.17. The summed E-state index contributed by atoms with van der Waals surface area (Å²) in [5, 5.41) is 2.92. The standard InChI is InChI=1S/C10H8BrNS/c11-9-3-1-2-7(4-9)8-5-10(12)13-6-8/h1-6H,12H2. The summed E-state index contributed by atoms with van der Waals surface area (Å²) in [6, 6.07) is 10.2. The van der Waals surface area contributed by atoms with Gasteiger partial charge >= 0.3 is 0 Å². The van der Waals surface area contributed by atoms with E-state index in [1.807, 2.05) is 18.2 Å². The first-order valence-corrected chi connectivity index (χ1v) is 5.53. The van der Waals surface area contributed by atoms with Gasteiger partial charge < -0.3 is 5.73 Å². The van der Waals surface area contributed by atoms with Crippen molar-refractivity contribution in [2.45, 2.75) is 0 Å². The van der Waals surface area contributed by atoms with Crippen LogP contribution in [0.1, 0.15) is 0 Å². The molecule has 2 rings (SSSR count). The maximum atomic E-state index is 5.66. The second-order valence-corrected chi connectivity index (χ2v) is 4.61. The van der Waals surface area contributed by atoms with Crippen molar-refractivity contribution in [1.29, 1.82) is 0 Å². The van der Waals surface area contributed by atoms with Crippen molar-refractivity contribution in [2.75, 3.05) is 5.73 Å². The van der Waals surface area contributed by atoms with Crippen molar-refractivity contribution in [3.63, 3.8) is 0 Å². The number of benzene rings is 1. The van der Waals surface area contributed by atoms with Crippen LogP contribution in [0.3, 0.4) is 0 Å². The lowest BCUT2D eigenvalue weighted by Crippen LogP contribution is -1.76. The van der Waals surface area contributed by atoms with Gasteiger partial charge in [0.15, 0.2) is 0 Å². The molecule has 1 aromatic heterocycles. The SMILES string of the molecule is Nc1cc(-c2cccc(Br)c2)cs1. The van der Waals surface area contributed by atoms with E-state index < -0.39 is 0 Å². The molecule has 0 bridgehead atoms. The monoisotopic (exact) mass is 253 g/mol. The zero-order valence-electron chi connectivity index (χ0n) is 6.83. The lowest BCUT2D eigenvalue weighted by atomic mass is 10.1. The first-order valence-electron chi connectivity index (χ1n) is 3.85. The van der Waals surface area contributed by atoms with Crippen LogP contribution in [0.25, 0.3) is 11.1 Å². The number of nitrogens with two attached hydrogens (primary N) is 1. The van der Waals surface area contributed by atoms with Gasteiger partial charge in [-0.25, -0.2) is 0 Å². The zero-order chi connectivity index (χ0) is 9.26. The maximum Gasteiger partial charge on any atom is 0.0862 e. The molecule has 3 heteroatoms. The number of thiophene rings is 1. The third-order valence-corrected chi connectivity index (χ3v) is 3.03. The van der Waals surface area contributed by atoms with Crippen molar-refractivity contribution < 1.29 is 0 Å². The van der Waals surface area contributed by atoms with Crippen LogP contribution in [0.5, 0.6) is 0 Å². The molecular weight excluding hydrogens is 246 g/mol. The molecule has 1 nitrogen and oxygen atoms in total. The van der Waals surface area contributed by atoms with Gasteiger partial charge in [0.1, 0.15) is 0 Å². The summed E-state index contributed by atoms with van der Waals surface area (Å²) in [5.41, 5.74) is 8.04. The van der Waals surface area contributed by atoms with E-state index in [-0.39, 0.29) is 0 Å². The van der Waals surface area contributed by atoms with Crippen molar-refractivity contribution >= 4 is 32.3 Å². The molecular formula is C10H8BrNS. The summed E-state index contributed by atoms with van der Waals surface area (Å²) in [7, 11) is 0. The van der Waals surface area contributed by atoms with Crippen LogP contribution in [0.15, 0.2) is 40.2 Å². The number of nitrogen functional groups attached to an aromatic ring is 1. The van der Waals surface area contributed by atoms with E-state index in [9.17, 15) is 0 Å². The molecule has 0 fully saturated rings. The highest BCUT2D eigenvalue weighted by Crippen LogP contribution is 2.28. The van der Waals surface area contributed by atoms with Crippen LogP contribution >= 0.6 is 27.3 Å². The highest BCUT2D eigenvalue weighted by Gasteiger charge is 1.99. The summed E-state index contributed by atoms with van der Waals surface area (Å²) in [6.45, 7) is 0. The smallest absolute Gasteiger partial charge is 0.0862 e. The summed E-state index contributed by atoms with van der Waals surface area (Å²) in [4.78, 5) is 0. The van der Waals surface area contributed by atoms with Crippen molar-refractivity contribution in [2.24, 2.45) is 0 Å². The van der Waals surface area contributed by atoms with Crippen molar-refractivity contribution in [3.8, 4) is 11.1 Å². The Hall–Kier alpha value is -0.800. The minimum Gasteiger partial charge on any atom is -0.391 e. The van der Waals surface area contributed by atoms with Gasteiger partial charge in [-0.2, -0.15) is 0 Å². The second kappa shape index (κ2) is 3.52. The highest BCUT2D eigenvalue weighted by molar-refractivity contribution is 9.10. The van der Waals surface area contributed by atoms with Crippen LogP contribution in [-0.2, 0) is 0 Å². The lowest BCUT2D eigenvalue weighted by molar-refractivity contribution is 1.63. The molecule has 0 aliphatic carbocycles. The molecule has 2 aromatic rings. The van der Waals surface area contributed by atoms with Crippen molar-refractivity contribution in [3.05, 3.63) is 40.2 Å². The molecule has 0 amide bonds. The number of rotatable bonds is 1. The largest absolute Gasteiger partial charge is 0.391 e. The predicted molar refractivity (Wildman–Crippen MR) is 61.9 cm³/mol. The Labute approximate surface area is 89.3 Å². The summed E-state index contributed by atoms with van der Waals surface area (Å²) in [5.74, 6) is 0. The van der Waals surface area contributed by atoms with E-state index in [1.54, 1.807) is 11.3 Å². The molecule has 0 unspecified atom stereocenters. The Bertz CT molecular complexity index is 422. The summed E-state index contributed by atoms with van der Waals surface area (Å²) in [6.07, 6.45) is 0. The second-order valence-electron chi connectivity index (χ2n) is 2.75. The van der Waals surface area contributed by atoms with Gasteiger partial charge in [-0.15, -0.1) is 11.3 Å². The van der Waals surface area contributed by atoms with Gasteiger partial charge in [0.05, 0.1) is 5.00 Å². The van der Waals surface area contributed by atoms with Gasteiger partial charge in [0, 0.05) is 9.85 Å². The van der Waals surface area contributed by atoms with E-state index in [4.69, 9.17) is 5.73 Å². The third-order valence-electron chi connectivity index (χ3n) is 1.78. The van der Waals surface area contributed by atoms with E-state index in [2.05, 4.69) is 33.4 Å². The normalized spacial score (nSPS) is 10.2. The van der Waals surface area contributed by atoms with Crippen LogP contribution in [-0.4, -0.2) is 0 Å². The molecule has 2 N–H and O–H groups in total.